The molecule has 0 aromatic carbocycles. The van der Waals surface area contributed by atoms with Crippen molar-refractivity contribution >= 4 is 5.97 Å². The van der Waals surface area contributed by atoms with Gasteiger partial charge in [-0.25, -0.2) is 8.78 Å². The van der Waals surface area contributed by atoms with Crippen LogP contribution in [0.4, 0.5) is 22.0 Å². The summed E-state index contributed by atoms with van der Waals surface area (Å²) in [7, 11) is 0. The van der Waals surface area contributed by atoms with Crippen molar-refractivity contribution in [1.29, 1.82) is 0 Å². The number of carbonyl (C=O) groups excluding carboxylic acids is 1. The van der Waals surface area contributed by atoms with Crippen molar-refractivity contribution in [3.63, 3.8) is 0 Å². The van der Waals surface area contributed by atoms with Crippen LogP contribution in [0, 0.1) is 11.8 Å². The SMILES string of the molecule is CC(=O)OC1(C(F)(F)F)C2C=CC(C2)C1(F)F. The zero-order valence-corrected chi connectivity index (χ0v) is 8.72. The van der Waals surface area contributed by atoms with E-state index in [-0.39, 0.29) is 6.42 Å². The zero-order valence-electron chi connectivity index (χ0n) is 8.72. The molecule has 0 aliphatic heterocycles. The van der Waals surface area contributed by atoms with E-state index < -0.39 is 35.5 Å². The molecule has 3 atom stereocenters. The number of esters is 1. The number of fused-ring (bicyclic) bond motifs is 2. The number of carbonyl (C=O) groups is 1. The molecule has 17 heavy (non-hydrogen) atoms. The lowest BCUT2D eigenvalue weighted by atomic mass is 9.84. The molecule has 2 nitrogen and oxygen atoms in total. The Balaban J connectivity index is 2.55. The van der Waals surface area contributed by atoms with Gasteiger partial charge in [-0.3, -0.25) is 4.79 Å². The van der Waals surface area contributed by atoms with Crippen LogP contribution in [0.3, 0.4) is 0 Å². The third-order valence-electron chi connectivity index (χ3n) is 3.29. The van der Waals surface area contributed by atoms with Gasteiger partial charge in [0.05, 0.1) is 0 Å². The summed E-state index contributed by atoms with van der Waals surface area (Å²) in [6.45, 7) is 0.694. The van der Waals surface area contributed by atoms with Crippen LogP contribution in [0.25, 0.3) is 0 Å². The van der Waals surface area contributed by atoms with E-state index in [0.29, 0.717) is 6.92 Å². The molecule has 0 aromatic rings. The van der Waals surface area contributed by atoms with E-state index in [1.807, 2.05) is 0 Å². The largest absolute Gasteiger partial charge is 0.442 e. The lowest BCUT2D eigenvalue weighted by Crippen LogP contribution is -2.63. The van der Waals surface area contributed by atoms with Crippen LogP contribution in [-0.4, -0.2) is 23.7 Å². The number of allylic oxidation sites excluding steroid dienone is 1. The predicted octanol–water partition coefficient (Wildman–Crippen LogP) is 2.69. The third-order valence-corrected chi connectivity index (χ3v) is 3.29. The van der Waals surface area contributed by atoms with Gasteiger partial charge >= 0.3 is 18.1 Å². The second kappa shape index (κ2) is 3.20. The molecule has 1 saturated carbocycles. The van der Waals surface area contributed by atoms with Gasteiger partial charge in [0.15, 0.2) is 0 Å². The summed E-state index contributed by atoms with van der Waals surface area (Å²) in [6.07, 6.45) is -3.54. The zero-order chi connectivity index (χ0) is 13.1. The fourth-order valence-corrected chi connectivity index (χ4v) is 2.62. The average Bonchev–Trinajstić information content (AvgIpc) is 2.65. The number of alkyl halides is 5. The van der Waals surface area contributed by atoms with Gasteiger partial charge in [0, 0.05) is 18.8 Å². The molecule has 0 aromatic heterocycles. The highest BCUT2D eigenvalue weighted by Crippen LogP contribution is 2.63. The Morgan fingerprint density at radius 3 is 2.18 bits per heavy atom. The molecule has 7 heteroatoms. The van der Waals surface area contributed by atoms with Crippen molar-refractivity contribution in [1.82, 2.24) is 0 Å². The minimum Gasteiger partial charge on any atom is -0.442 e. The van der Waals surface area contributed by atoms with E-state index in [1.165, 1.54) is 0 Å². The van der Waals surface area contributed by atoms with Gasteiger partial charge in [-0.1, -0.05) is 12.2 Å². The maximum atomic E-state index is 13.8. The Kier molecular flexibility index (Phi) is 2.32. The van der Waals surface area contributed by atoms with Crippen LogP contribution in [0.1, 0.15) is 13.3 Å². The van der Waals surface area contributed by atoms with Gasteiger partial charge in [-0.2, -0.15) is 13.2 Å². The molecular weight excluding hydrogens is 247 g/mol. The Hall–Kier alpha value is -1.14. The first kappa shape index (κ1) is 12.3. The summed E-state index contributed by atoms with van der Waals surface area (Å²) in [6, 6.07) is 0. The Morgan fingerprint density at radius 1 is 1.29 bits per heavy atom. The quantitative estimate of drug-likeness (QED) is 0.409. The highest BCUT2D eigenvalue weighted by molar-refractivity contribution is 5.67. The Labute approximate surface area is 93.4 Å². The fourth-order valence-electron chi connectivity index (χ4n) is 2.62. The molecule has 0 amide bonds. The standard InChI is InChI=1S/C10H9F5O2/c1-5(16)17-8(10(13,14)15)6-2-3-7(4-6)9(8,11)12/h2-3,6-7H,4H2,1H3. The minimum atomic E-state index is -5.30. The number of halogens is 5. The molecule has 2 aliphatic carbocycles. The minimum absolute atomic E-state index is 0.347. The number of hydrogen-bond donors (Lipinski definition) is 0. The summed E-state index contributed by atoms with van der Waals surface area (Å²) in [5, 5.41) is 0. The van der Waals surface area contributed by atoms with Crippen LogP contribution in [0.2, 0.25) is 0 Å². The lowest BCUT2D eigenvalue weighted by Gasteiger charge is -2.41. The monoisotopic (exact) mass is 256 g/mol. The van der Waals surface area contributed by atoms with Gasteiger partial charge in [0.2, 0.25) is 0 Å². The van der Waals surface area contributed by atoms with Gasteiger partial charge in [-0.05, 0) is 6.42 Å². The summed E-state index contributed by atoms with van der Waals surface area (Å²) in [4.78, 5) is 10.7. The second-order valence-electron chi connectivity index (χ2n) is 4.28. The molecule has 96 valence electrons. The molecule has 0 N–H and O–H groups in total. The molecule has 1 fully saturated rings. The normalized spacial score (nSPS) is 38.5. The first-order valence-electron chi connectivity index (χ1n) is 4.95. The molecule has 2 aliphatic rings. The molecular formula is C10H9F5O2. The highest BCUT2D eigenvalue weighted by Gasteiger charge is 2.82. The number of hydrogen-bond acceptors (Lipinski definition) is 2. The highest BCUT2D eigenvalue weighted by atomic mass is 19.4. The van der Waals surface area contributed by atoms with E-state index in [4.69, 9.17) is 0 Å². The number of ether oxygens (including phenoxy) is 1. The van der Waals surface area contributed by atoms with Crippen LogP contribution >= 0.6 is 0 Å². The second-order valence-corrected chi connectivity index (χ2v) is 4.28. The Bertz CT molecular complexity index is 387. The van der Waals surface area contributed by atoms with Crippen molar-refractivity contribution in [3.8, 4) is 0 Å². The van der Waals surface area contributed by atoms with Crippen LogP contribution < -0.4 is 0 Å². The first-order chi connectivity index (χ1) is 7.63. The topological polar surface area (TPSA) is 26.3 Å². The first-order valence-corrected chi connectivity index (χ1v) is 4.95. The number of rotatable bonds is 1. The third kappa shape index (κ3) is 1.34. The molecule has 2 rings (SSSR count). The van der Waals surface area contributed by atoms with Crippen LogP contribution in [0.15, 0.2) is 12.2 Å². The fraction of sp³-hybridized carbons (Fsp3) is 0.700. The smallest absolute Gasteiger partial charge is 0.435 e. The maximum Gasteiger partial charge on any atom is 0.435 e. The van der Waals surface area contributed by atoms with Crippen LogP contribution in [0.5, 0.6) is 0 Å². The summed E-state index contributed by atoms with van der Waals surface area (Å²) in [5.41, 5.74) is -3.70. The average molecular weight is 256 g/mol. The van der Waals surface area contributed by atoms with E-state index >= 15 is 0 Å². The summed E-state index contributed by atoms with van der Waals surface area (Å²) >= 11 is 0. The van der Waals surface area contributed by atoms with E-state index in [2.05, 4.69) is 4.74 Å². The van der Waals surface area contributed by atoms with Crippen molar-refractivity contribution in [3.05, 3.63) is 12.2 Å². The lowest BCUT2D eigenvalue weighted by molar-refractivity contribution is -0.338. The van der Waals surface area contributed by atoms with E-state index in [0.717, 1.165) is 12.2 Å². The molecule has 0 spiro atoms. The van der Waals surface area contributed by atoms with Gasteiger partial charge in [-0.15, -0.1) is 0 Å². The van der Waals surface area contributed by atoms with Crippen molar-refractivity contribution in [2.45, 2.75) is 31.0 Å². The van der Waals surface area contributed by atoms with Crippen LogP contribution in [-0.2, 0) is 9.53 Å². The molecule has 0 saturated heterocycles. The van der Waals surface area contributed by atoms with Crippen molar-refractivity contribution in [2.75, 3.05) is 0 Å². The van der Waals surface area contributed by atoms with Gasteiger partial charge in [0.1, 0.15) is 0 Å². The molecule has 0 heterocycles. The molecule has 2 bridgehead atoms. The summed E-state index contributed by atoms with van der Waals surface area (Å²) in [5.74, 6) is -8.50. The molecule has 0 radical (unpaired) electrons. The van der Waals surface area contributed by atoms with Gasteiger partial charge in [0.25, 0.3) is 5.60 Å². The van der Waals surface area contributed by atoms with Crippen molar-refractivity contribution in [2.24, 2.45) is 11.8 Å². The van der Waals surface area contributed by atoms with E-state index in [9.17, 15) is 26.7 Å². The maximum absolute atomic E-state index is 13.8. The summed E-state index contributed by atoms with van der Waals surface area (Å²) < 4.78 is 70.4. The molecule has 3 unspecified atom stereocenters. The van der Waals surface area contributed by atoms with Crippen molar-refractivity contribution < 1.29 is 31.5 Å². The predicted molar refractivity (Wildman–Crippen MR) is 46.2 cm³/mol. The van der Waals surface area contributed by atoms with Gasteiger partial charge < -0.3 is 4.74 Å². The van der Waals surface area contributed by atoms with E-state index in [1.54, 1.807) is 0 Å². The Morgan fingerprint density at radius 2 is 1.82 bits per heavy atom.